The SMILES string of the molecule is COCCOCCn1nc(C(=O)Nc2ccc(-c3n[nH]c(=O)c4ccccc34)cc2)c2ccccc21. The lowest BCUT2D eigenvalue weighted by Crippen LogP contribution is -2.15. The number of rotatable bonds is 9. The number of ether oxygens (including phenoxy) is 2. The van der Waals surface area contributed by atoms with Crippen molar-refractivity contribution in [2.75, 3.05) is 32.2 Å². The highest BCUT2D eigenvalue weighted by atomic mass is 16.5. The van der Waals surface area contributed by atoms with Crippen LogP contribution >= 0.6 is 0 Å². The van der Waals surface area contributed by atoms with Crippen LogP contribution in [0.1, 0.15) is 10.5 Å². The molecular weight excluding hydrogens is 458 g/mol. The van der Waals surface area contributed by atoms with Gasteiger partial charge in [0, 0.05) is 29.1 Å². The van der Waals surface area contributed by atoms with E-state index in [1.807, 2.05) is 54.6 Å². The lowest BCUT2D eigenvalue weighted by atomic mass is 10.0. The normalized spacial score (nSPS) is 11.2. The fourth-order valence-electron chi connectivity index (χ4n) is 4.10. The Balaban J connectivity index is 1.35. The molecule has 36 heavy (non-hydrogen) atoms. The van der Waals surface area contributed by atoms with Gasteiger partial charge in [-0.15, -0.1) is 0 Å². The molecule has 2 N–H and O–H groups in total. The monoisotopic (exact) mass is 483 g/mol. The average Bonchev–Trinajstić information content (AvgIpc) is 3.28. The first-order chi connectivity index (χ1) is 17.7. The number of para-hydroxylation sites is 1. The summed E-state index contributed by atoms with van der Waals surface area (Å²) >= 11 is 0. The quantitative estimate of drug-likeness (QED) is 0.308. The van der Waals surface area contributed by atoms with Gasteiger partial charge in [-0.25, -0.2) is 5.10 Å². The van der Waals surface area contributed by atoms with Gasteiger partial charge in [-0.05, 0) is 24.3 Å². The van der Waals surface area contributed by atoms with Gasteiger partial charge in [0.25, 0.3) is 11.5 Å². The fraction of sp³-hybridized carbons (Fsp3) is 0.185. The molecule has 2 heterocycles. The number of aromatic amines is 1. The highest BCUT2D eigenvalue weighted by molar-refractivity contribution is 6.11. The number of aromatic nitrogens is 4. The van der Waals surface area contributed by atoms with Crippen molar-refractivity contribution in [1.29, 1.82) is 0 Å². The Labute approximate surface area is 206 Å². The minimum atomic E-state index is -0.300. The molecule has 0 saturated heterocycles. The summed E-state index contributed by atoms with van der Waals surface area (Å²) in [6.45, 7) is 2.02. The second-order valence-corrected chi connectivity index (χ2v) is 8.17. The Morgan fingerprint density at radius 3 is 2.42 bits per heavy atom. The molecule has 0 bridgehead atoms. The Kier molecular flexibility index (Phi) is 6.83. The predicted octanol–water partition coefficient (Wildman–Crippen LogP) is 3.86. The summed E-state index contributed by atoms with van der Waals surface area (Å²) in [7, 11) is 1.63. The van der Waals surface area contributed by atoms with Gasteiger partial charge in [-0.2, -0.15) is 10.2 Å². The van der Waals surface area contributed by atoms with Crippen molar-refractivity contribution in [2.24, 2.45) is 0 Å². The second kappa shape index (κ2) is 10.5. The van der Waals surface area contributed by atoms with Gasteiger partial charge in [-0.3, -0.25) is 14.3 Å². The number of hydrogen-bond acceptors (Lipinski definition) is 6. The summed E-state index contributed by atoms with van der Waals surface area (Å²) in [5.41, 5.74) is 3.10. The third-order valence-corrected chi connectivity index (χ3v) is 5.86. The molecule has 9 nitrogen and oxygen atoms in total. The van der Waals surface area contributed by atoms with E-state index in [9.17, 15) is 9.59 Å². The molecule has 0 aliphatic carbocycles. The first-order valence-corrected chi connectivity index (χ1v) is 11.6. The lowest BCUT2D eigenvalue weighted by Gasteiger charge is -2.07. The van der Waals surface area contributed by atoms with E-state index in [-0.39, 0.29) is 11.5 Å². The highest BCUT2D eigenvalue weighted by Crippen LogP contribution is 2.26. The zero-order valence-corrected chi connectivity index (χ0v) is 19.7. The number of hydrogen-bond donors (Lipinski definition) is 2. The fourth-order valence-corrected chi connectivity index (χ4v) is 4.10. The summed E-state index contributed by atoms with van der Waals surface area (Å²) < 4.78 is 12.3. The number of amides is 1. The van der Waals surface area contributed by atoms with Crippen LogP contribution in [0.25, 0.3) is 32.9 Å². The summed E-state index contributed by atoms with van der Waals surface area (Å²) in [4.78, 5) is 25.2. The number of methoxy groups -OCH3 is 1. The van der Waals surface area contributed by atoms with Crippen LogP contribution in [0.5, 0.6) is 0 Å². The molecule has 2 aromatic heterocycles. The van der Waals surface area contributed by atoms with E-state index in [1.54, 1.807) is 30.0 Å². The molecule has 0 saturated carbocycles. The average molecular weight is 484 g/mol. The van der Waals surface area contributed by atoms with Crippen molar-refractivity contribution in [1.82, 2.24) is 20.0 Å². The number of anilines is 1. The Bertz CT molecular complexity index is 1570. The smallest absolute Gasteiger partial charge is 0.276 e. The molecule has 9 heteroatoms. The minimum Gasteiger partial charge on any atom is -0.382 e. The zero-order chi connectivity index (χ0) is 24.9. The van der Waals surface area contributed by atoms with Crippen molar-refractivity contribution >= 4 is 33.3 Å². The summed E-state index contributed by atoms with van der Waals surface area (Å²) in [6.07, 6.45) is 0. The van der Waals surface area contributed by atoms with E-state index in [1.165, 1.54) is 0 Å². The van der Waals surface area contributed by atoms with Crippen LogP contribution in [0.2, 0.25) is 0 Å². The van der Waals surface area contributed by atoms with Crippen LogP contribution in [0.15, 0.2) is 77.6 Å². The van der Waals surface area contributed by atoms with Crippen LogP contribution in [0.4, 0.5) is 5.69 Å². The lowest BCUT2D eigenvalue weighted by molar-refractivity contribution is 0.0658. The van der Waals surface area contributed by atoms with Gasteiger partial charge in [0.2, 0.25) is 0 Å². The number of carbonyl (C=O) groups excluding carboxylic acids is 1. The number of H-pyrrole nitrogens is 1. The third-order valence-electron chi connectivity index (χ3n) is 5.86. The maximum Gasteiger partial charge on any atom is 0.276 e. The summed E-state index contributed by atoms with van der Waals surface area (Å²) in [6, 6.07) is 22.3. The molecule has 0 aliphatic heterocycles. The van der Waals surface area contributed by atoms with Gasteiger partial charge in [0.15, 0.2) is 5.69 Å². The van der Waals surface area contributed by atoms with Crippen LogP contribution in [-0.2, 0) is 16.0 Å². The molecule has 0 fully saturated rings. The molecule has 0 atom stereocenters. The largest absolute Gasteiger partial charge is 0.382 e. The molecule has 0 radical (unpaired) electrons. The van der Waals surface area contributed by atoms with Gasteiger partial charge < -0.3 is 14.8 Å². The van der Waals surface area contributed by atoms with Gasteiger partial charge in [0.05, 0.1) is 43.0 Å². The highest BCUT2D eigenvalue weighted by Gasteiger charge is 2.17. The number of fused-ring (bicyclic) bond motifs is 2. The number of carbonyl (C=O) groups is 1. The van der Waals surface area contributed by atoms with Crippen molar-refractivity contribution in [3.8, 4) is 11.3 Å². The third kappa shape index (κ3) is 4.74. The standard InChI is InChI=1S/C27H25N5O4/c1-35-16-17-36-15-14-32-23-9-5-4-8-22(23)25(31-32)27(34)28-19-12-10-18(11-13-19)24-20-6-2-3-7-21(20)26(33)30-29-24/h2-13H,14-17H2,1H3,(H,28,34)(H,30,33). The van der Waals surface area contributed by atoms with Crippen molar-refractivity contribution < 1.29 is 14.3 Å². The first-order valence-electron chi connectivity index (χ1n) is 11.6. The van der Waals surface area contributed by atoms with E-state index < -0.39 is 0 Å². The summed E-state index contributed by atoms with van der Waals surface area (Å²) in [5, 5.41) is 16.4. The number of benzene rings is 3. The van der Waals surface area contributed by atoms with E-state index >= 15 is 0 Å². The molecule has 5 rings (SSSR count). The van der Waals surface area contributed by atoms with Crippen molar-refractivity contribution in [3.63, 3.8) is 0 Å². The maximum atomic E-state index is 13.1. The van der Waals surface area contributed by atoms with Crippen molar-refractivity contribution in [3.05, 3.63) is 88.8 Å². The zero-order valence-electron chi connectivity index (χ0n) is 19.7. The Morgan fingerprint density at radius 2 is 1.64 bits per heavy atom. The Hall–Kier alpha value is -4.34. The maximum absolute atomic E-state index is 13.1. The molecule has 0 spiro atoms. The molecule has 0 aliphatic rings. The molecule has 1 amide bonds. The van der Waals surface area contributed by atoms with E-state index in [0.29, 0.717) is 48.8 Å². The van der Waals surface area contributed by atoms with Gasteiger partial charge in [0.1, 0.15) is 0 Å². The van der Waals surface area contributed by atoms with E-state index in [0.717, 1.165) is 21.9 Å². The van der Waals surface area contributed by atoms with Crippen LogP contribution in [0, 0.1) is 0 Å². The van der Waals surface area contributed by atoms with Crippen LogP contribution < -0.4 is 10.9 Å². The van der Waals surface area contributed by atoms with E-state index in [4.69, 9.17) is 9.47 Å². The summed E-state index contributed by atoms with van der Waals surface area (Å²) in [5.74, 6) is -0.300. The van der Waals surface area contributed by atoms with Gasteiger partial charge >= 0.3 is 0 Å². The topological polar surface area (TPSA) is 111 Å². The van der Waals surface area contributed by atoms with Crippen molar-refractivity contribution in [2.45, 2.75) is 6.54 Å². The minimum absolute atomic E-state index is 0.230. The Morgan fingerprint density at radius 1 is 0.917 bits per heavy atom. The molecule has 182 valence electrons. The molecule has 5 aromatic rings. The van der Waals surface area contributed by atoms with Gasteiger partial charge in [-0.1, -0.05) is 48.5 Å². The molecular formula is C27H25N5O4. The number of nitrogens with one attached hydrogen (secondary N) is 2. The number of nitrogens with zero attached hydrogens (tertiary/aromatic N) is 3. The molecule has 0 unspecified atom stereocenters. The molecule has 3 aromatic carbocycles. The van der Waals surface area contributed by atoms with Crippen LogP contribution in [-0.4, -0.2) is 52.8 Å². The predicted molar refractivity (Wildman–Crippen MR) is 138 cm³/mol. The first kappa shape index (κ1) is 23.4. The van der Waals surface area contributed by atoms with E-state index in [2.05, 4.69) is 20.6 Å². The second-order valence-electron chi connectivity index (χ2n) is 8.17. The van der Waals surface area contributed by atoms with Crippen LogP contribution in [0.3, 0.4) is 0 Å².